The number of carbonyl (C=O) groups is 1. The van der Waals surface area contributed by atoms with Gasteiger partial charge in [-0.1, -0.05) is 0 Å². The minimum absolute atomic E-state index is 0. The Labute approximate surface area is 113 Å². The lowest BCUT2D eigenvalue weighted by molar-refractivity contribution is 0.0708. The molecule has 17 heavy (non-hydrogen) atoms. The average Bonchev–Trinajstić information content (AvgIpc) is 2.75. The summed E-state index contributed by atoms with van der Waals surface area (Å²) in [4.78, 5) is 16.1. The molecule has 5 heteroatoms. The van der Waals surface area contributed by atoms with E-state index in [4.69, 9.17) is 0 Å². The van der Waals surface area contributed by atoms with Crippen molar-refractivity contribution in [2.75, 3.05) is 20.1 Å². The van der Waals surface area contributed by atoms with E-state index >= 15 is 0 Å². The summed E-state index contributed by atoms with van der Waals surface area (Å²) in [5.74, 6) is 0.171. The van der Waals surface area contributed by atoms with Crippen LogP contribution in [0, 0.1) is 6.92 Å². The highest BCUT2D eigenvalue weighted by atomic mass is 35.5. The maximum absolute atomic E-state index is 12.2. The Morgan fingerprint density at radius 1 is 1.41 bits per heavy atom. The minimum atomic E-state index is 0. The molecule has 0 aliphatic carbocycles. The quantitative estimate of drug-likeness (QED) is 0.898. The van der Waals surface area contributed by atoms with Gasteiger partial charge in [-0.2, -0.15) is 0 Å². The molecule has 0 aromatic carbocycles. The predicted octanol–water partition coefficient (Wildman–Crippen LogP) is 2.30. The first kappa shape index (κ1) is 14.5. The number of carbonyl (C=O) groups excluding carboxylic acids is 1. The van der Waals surface area contributed by atoms with Gasteiger partial charge in [0.25, 0.3) is 5.91 Å². The minimum Gasteiger partial charge on any atom is -0.338 e. The van der Waals surface area contributed by atoms with Crippen LogP contribution in [0.3, 0.4) is 0 Å². The van der Waals surface area contributed by atoms with Gasteiger partial charge < -0.3 is 10.2 Å². The number of nitrogens with zero attached hydrogens (tertiary/aromatic N) is 1. The molecule has 0 bridgehead atoms. The summed E-state index contributed by atoms with van der Waals surface area (Å²) in [5.41, 5.74) is 0. The van der Waals surface area contributed by atoms with E-state index in [1.54, 1.807) is 11.3 Å². The molecule has 3 nitrogen and oxygen atoms in total. The first-order valence-corrected chi connectivity index (χ1v) is 6.54. The van der Waals surface area contributed by atoms with Crippen LogP contribution in [0.25, 0.3) is 0 Å². The molecule has 1 aliphatic rings. The number of rotatable bonds is 2. The summed E-state index contributed by atoms with van der Waals surface area (Å²) in [6.45, 7) is 4.07. The number of hydrogen-bond acceptors (Lipinski definition) is 3. The number of aryl methyl sites for hydroxylation is 1. The lowest BCUT2D eigenvalue weighted by Crippen LogP contribution is -2.43. The third-order valence-electron chi connectivity index (χ3n) is 3.13. The summed E-state index contributed by atoms with van der Waals surface area (Å²) in [6, 6.07) is 4.34. The molecule has 1 amide bonds. The van der Waals surface area contributed by atoms with Gasteiger partial charge in [-0.15, -0.1) is 23.7 Å². The molecule has 0 spiro atoms. The van der Waals surface area contributed by atoms with E-state index in [1.807, 2.05) is 31.0 Å². The van der Waals surface area contributed by atoms with Crippen molar-refractivity contribution in [1.29, 1.82) is 0 Å². The van der Waals surface area contributed by atoms with E-state index in [-0.39, 0.29) is 18.3 Å². The van der Waals surface area contributed by atoms with Crippen LogP contribution in [0.15, 0.2) is 12.1 Å². The number of hydrogen-bond donors (Lipinski definition) is 1. The van der Waals surface area contributed by atoms with Gasteiger partial charge in [0.15, 0.2) is 0 Å². The molecule has 1 fully saturated rings. The summed E-state index contributed by atoms with van der Waals surface area (Å²) in [5, 5.41) is 3.32. The van der Waals surface area contributed by atoms with E-state index in [1.165, 1.54) is 4.88 Å². The van der Waals surface area contributed by atoms with Gasteiger partial charge in [0.2, 0.25) is 0 Å². The molecule has 1 aromatic heterocycles. The summed E-state index contributed by atoms with van der Waals surface area (Å²) in [6.07, 6.45) is 2.12. The Kier molecular flexibility index (Phi) is 5.43. The highest BCUT2D eigenvalue weighted by molar-refractivity contribution is 7.13. The Morgan fingerprint density at radius 2 is 2.06 bits per heavy atom. The largest absolute Gasteiger partial charge is 0.338 e. The molecule has 1 saturated heterocycles. The Morgan fingerprint density at radius 3 is 2.59 bits per heavy atom. The van der Waals surface area contributed by atoms with Crippen molar-refractivity contribution in [3.63, 3.8) is 0 Å². The normalized spacial score (nSPS) is 16.4. The van der Waals surface area contributed by atoms with E-state index in [2.05, 4.69) is 5.32 Å². The highest BCUT2D eigenvalue weighted by Gasteiger charge is 2.23. The number of halogens is 1. The monoisotopic (exact) mass is 274 g/mol. The lowest BCUT2D eigenvalue weighted by atomic mass is 10.1. The standard InChI is InChI=1S/C12H18N2OS.ClH/c1-9-3-4-11(16-9)12(15)14(2)10-5-7-13-8-6-10;/h3-4,10,13H,5-8H2,1-2H3;1H. The second-order valence-electron chi connectivity index (χ2n) is 4.31. The van der Waals surface area contributed by atoms with Gasteiger partial charge in [0, 0.05) is 18.0 Å². The fourth-order valence-electron chi connectivity index (χ4n) is 2.08. The molecular formula is C12H19ClN2OS. The lowest BCUT2D eigenvalue weighted by Gasteiger charge is -2.31. The maximum atomic E-state index is 12.2. The zero-order valence-electron chi connectivity index (χ0n) is 10.2. The Hall–Kier alpha value is -0.580. The number of nitrogens with one attached hydrogen (secondary N) is 1. The van der Waals surface area contributed by atoms with Crippen molar-refractivity contribution in [3.8, 4) is 0 Å². The third kappa shape index (κ3) is 3.44. The SMILES string of the molecule is Cc1ccc(C(=O)N(C)C2CCNCC2)s1.Cl. The van der Waals surface area contributed by atoms with E-state index < -0.39 is 0 Å². The maximum Gasteiger partial charge on any atom is 0.263 e. The van der Waals surface area contributed by atoms with Gasteiger partial charge in [-0.25, -0.2) is 0 Å². The van der Waals surface area contributed by atoms with Gasteiger partial charge in [0.05, 0.1) is 4.88 Å². The zero-order valence-corrected chi connectivity index (χ0v) is 11.9. The molecule has 1 N–H and O–H groups in total. The van der Waals surface area contributed by atoms with Gasteiger partial charge >= 0.3 is 0 Å². The second-order valence-corrected chi connectivity index (χ2v) is 5.60. The Bertz CT molecular complexity index is 374. The van der Waals surface area contributed by atoms with Crippen LogP contribution >= 0.6 is 23.7 Å². The first-order valence-electron chi connectivity index (χ1n) is 5.73. The molecule has 0 saturated carbocycles. The van der Waals surface area contributed by atoms with Crippen molar-refractivity contribution >= 4 is 29.7 Å². The van der Waals surface area contributed by atoms with Crippen LogP contribution in [-0.2, 0) is 0 Å². The molecule has 2 rings (SSSR count). The van der Waals surface area contributed by atoms with Gasteiger partial charge in [-0.3, -0.25) is 4.79 Å². The van der Waals surface area contributed by atoms with E-state index in [9.17, 15) is 4.79 Å². The molecule has 2 heterocycles. The van der Waals surface area contributed by atoms with E-state index in [0.29, 0.717) is 6.04 Å². The number of piperidine rings is 1. The second kappa shape index (κ2) is 6.38. The van der Waals surface area contributed by atoms with Crippen LogP contribution < -0.4 is 5.32 Å². The van der Waals surface area contributed by atoms with Crippen molar-refractivity contribution in [1.82, 2.24) is 10.2 Å². The zero-order chi connectivity index (χ0) is 11.5. The Balaban J connectivity index is 0.00000144. The van der Waals surface area contributed by atoms with Crippen LogP contribution in [0.4, 0.5) is 0 Å². The van der Waals surface area contributed by atoms with Crippen LogP contribution in [0.1, 0.15) is 27.4 Å². The topological polar surface area (TPSA) is 32.3 Å². The third-order valence-corrected chi connectivity index (χ3v) is 4.12. The molecule has 1 aromatic rings. The smallest absolute Gasteiger partial charge is 0.263 e. The molecule has 0 unspecified atom stereocenters. The average molecular weight is 275 g/mol. The molecular weight excluding hydrogens is 256 g/mol. The van der Waals surface area contributed by atoms with Crippen molar-refractivity contribution in [2.24, 2.45) is 0 Å². The number of amides is 1. The van der Waals surface area contributed by atoms with Gasteiger partial charge in [0.1, 0.15) is 0 Å². The molecule has 1 aliphatic heterocycles. The van der Waals surface area contributed by atoms with Crippen LogP contribution in [0.2, 0.25) is 0 Å². The van der Waals surface area contributed by atoms with Crippen LogP contribution in [0.5, 0.6) is 0 Å². The van der Waals surface area contributed by atoms with Gasteiger partial charge in [-0.05, 0) is 45.0 Å². The summed E-state index contributed by atoms with van der Waals surface area (Å²) < 4.78 is 0. The fourth-order valence-corrected chi connectivity index (χ4v) is 2.93. The highest BCUT2D eigenvalue weighted by Crippen LogP contribution is 2.19. The number of thiophene rings is 1. The van der Waals surface area contributed by atoms with Crippen molar-refractivity contribution in [3.05, 3.63) is 21.9 Å². The van der Waals surface area contributed by atoms with Crippen LogP contribution in [-0.4, -0.2) is 37.0 Å². The molecule has 0 atom stereocenters. The van der Waals surface area contributed by atoms with E-state index in [0.717, 1.165) is 30.8 Å². The van der Waals surface area contributed by atoms with Crippen molar-refractivity contribution in [2.45, 2.75) is 25.8 Å². The van der Waals surface area contributed by atoms with Crippen molar-refractivity contribution < 1.29 is 4.79 Å². The predicted molar refractivity (Wildman–Crippen MR) is 74.3 cm³/mol. The fraction of sp³-hybridized carbons (Fsp3) is 0.583. The summed E-state index contributed by atoms with van der Waals surface area (Å²) >= 11 is 1.58. The molecule has 0 radical (unpaired) electrons. The molecule has 96 valence electrons. The first-order chi connectivity index (χ1) is 7.68. The summed E-state index contributed by atoms with van der Waals surface area (Å²) in [7, 11) is 1.92.